The maximum absolute atomic E-state index is 12.0. The first-order valence-corrected chi connectivity index (χ1v) is 10.4. The number of rotatable bonds is 8. The van der Waals surface area contributed by atoms with Gasteiger partial charge >= 0.3 is 0 Å². The molecule has 0 saturated heterocycles. The van der Waals surface area contributed by atoms with Gasteiger partial charge in [0.1, 0.15) is 0 Å². The largest absolute Gasteiger partial charge is 0.374 e. The Morgan fingerprint density at radius 2 is 2.11 bits per heavy atom. The van der Waals surface area contributed by atoms with E-state index in [0.29, 0.717) is 13.0 Å². The number of anilines is 1. The number of carbonyl (C=O) groups excluding carboxylic acids is 1. The van der Waals surface area contributed by atoms with Gasteiger partial charge in [-0.1, -0.05) is 36.0 Å². The second kappa shape index (κ2) is 9.88. The fourth-order valence-corrected chi connectivity index (χ4v) is 4.27. The second-order valence-electron chi connectivity index (χ2n) is 5.95. The number of nitriles is 1. The Morgan fingerprint density at radius 3 is 2.86 bits per heavy atom. The maximum Gasteiger partial charge on any atom is 0.250 e. The van der Waals surface area contributed by atoms with Gasteiger partial charge in [0.25, 0.3) is 5.91 Å². The van der Waals surface area contributed by atoms with Gasteiger partial charge in [0, 0.05) is 19.3 Å². The first kappa shape index (κ1) is 19.9. The fourth-order valence-electron chi connectivity index (χ4n) is 2.41. The van der Waals surface area contributed by atoms with Crippen molar-refractivity contribution in [3.8, 4) is 6.07 Å². The molecular formula is C20H19N5OS2. The quantitative estimate of drug-likeness (QED) is 0.347. The lowest BCUT2D eigenvalue weighted by Crippen LogP contribution is -2.19. The van der Waals surface area contributed by atoms with Gasteiger partial charge in [0.15, 0.2) is 4.34 Å². The van der Waals surface area contributed by atoms with E-state index in [1.807, 2.05) is 60.5 Å². The van der Waals surface area contributed by atoms with Gasteiger partial charge < -0.3 is 4.90 Å². The number of hydrogen-bond donors (Lipinski definition) is 1. The van der Waals surface area contributed by atoms with E-state index in [0.717, 1.165) is 25.8 Å². The van der Waals surface area contributed by atoms with E-state index in [-0.39, 0.29) is 11.7 Å². The summed E-state index contributed by atoms with van der Waals surface area (Å²) in [6.07, 6.45) is 2.10. The van der Waals surface area contributed by atoms with Gasteiger partial charge in [-0.2, -0.15) is 10.4 Å². The van der Waals surface area contributed by atoms with Gasteiger partial charge in [0.05, 0.1) is 34.7 Å². The van der Waals surface area contributed by atoms with Gasteiger partial charge in [-0.25, -0.2) is 10.4 Å². The number of amides is 1. The molecule has 1 N–H and O–H groups in total. The van der Waals surface area contributed by atoms with Crippen molar-refractivity contribution < 1.29 is 4.79 Å². The number of nitrogens with one attached hydrogen (secondary N) is 1. The molecule has 0 spiro atoms. The summed E-state index contributed by atoms with van der Waals surface area (Å²) >= 11 is 2.99. The van der Waals surface area contributed by atoms with Crippen LogP contribution < -0.4 is 10.3 Å². The van der Waals surface area contributed by atoms with Crippen molar-refractivity contribution in [2.45, 2.75) is 10.8 Å². The summed E-state index contributed by atoms with van der Waals surface area (Å²) in [6, 6.07) is 17.8. The summed E-state index contributed by atoms with van der Waals surface area (Å²) in [6.45, 7) is 0.687. The average molecular weight is 410 g/mol. The third kappa shape index (κ3) is 5.55. The summed E-state index contributed by atoms with van der Waals surface area (Å²) in [5, 5.41) is 12.7. The third-order valence-corrected chi connectivity index (χ3v) is 6.08. The van der Waals surface area contributed by atoms with Crippen LogP contribution in [0.3, 0.4) is 0 Å². The topological polar surface area (TPSA) is 81.4 Å². The molecule has 0 aliphatic heterocycles. The molecule has 1 aromatic heterocycles. The van der Waals surface area contributed by atoms with Gasteiger partial charge in [-0.05, 0) is 29.8 Å². The Hall–Kier alpha value is -2.89. The maximum atomic E-state index is 12.0. The molecule has 0 saturated carbocycles. The van der Waals surface area contributed by atoms with Crippen LogP contribution in [0.5, 0.6) is 0 Å². The van der Waals surface area contributed by atoms with Crippen LogP contribution in [0, 0.1) is 11.3 Å². The molecule has 0 aliphatic rings. The van der Waals surface area contributed by atoms with Crippen LogP contribution in [0.2, 0.25) is 0 Å². The van der Waals surface area contributed by atoms with Crippen molar-refractivity contribution in [1.82, 2.24) is 10.4 Å². The van der Waals surface area contributed by atoms with Crippen LogP contribution in [0.4, 0.5) is 5.69 Å². The molecule has 0 unspecified atom stereocenters. The number of nitrogens with zero attached hydrogens (tertiary/aromatic N) is 4. The number of thiazole rings is 1. The average Bonchev–Trinajstić information content (AvgIpc) is 3.14. The Balaban J connectivity index is 1.46. The Kier molecular flexibility index (Phi) is 7.00. The van der Waals surface area contributed by atoms with Crippen molar-refractivity contribution in [3.63, 3.8) is 0 Å². The molecule has 0 fully saturated rings. The van der Waals surface area contributed by atoms with Crippen LogP contribution in [0.15, 0.2) is 58.0 Å². The number of aromatic nitrogens is 1. The lowest BCUT2D eigenvalue weighted by atomic mass is 10.2. The van der Waals surface area contributed by atoms with Crippen LogP contribution in [-0.2, 0) is 4.79 Å². The van der Waals surface area contributed by atoms with Gasteiger partial charge in [0.2, 0.25) is 0 Å². The summed E-state index contributed by atoms with van der Waals surface area (Å²) in [5.41, 5.74) is 5.41. The number of fused-ring (bicyclic) bond motifs is 1. The van der Waals surface area contributed by atoms with Crippen molar-refractivity contribution in [1.29, 1.82) is 5.26 Å². The monoisotopic (exact) mass is 409 g/mol. The smallest absolute Gasteiger partial charge is 0.250 e. The van der Waals surface area contributed by atoms with E-state index in [1.54, 1.807) is 17.6 Å². The van der Waals surface area contributed by atoms with Crippen molar-refractivity contribution in [2.24, 2.45) is 5.10 Å². The molecular weight excluding hydrogens is 390 g/mol. The summed E-state index contributed by atoms with van der Waals surface area (Å²) < 4.78 is 1.99. The van der Waals surface area contributed by atoms with Crippen LogP contribution >= 0.6 is 23.1 Å². The third-order valence-electron chi connectivity index (χ3n) is 3.90. The highest BCUT2D eigenvalue weighted by atomic mass is 32.2. The first-order chi connectivity index (χ1) is 13.7. The molecule has 2 aromatic carbocycles. The number of para-hydroxylation sites is 1. The zero-order valence-corrected chi connectivity index (χ0v) is 17.0. The Bertz CT molecular complexity index is 974. The van der Waals surface area contributed by atoms with E-state index in [2.05, 4.69) is 21.6 Å². The molecule has 3 aromatic rings. The molecule has 1 amide bonds. The Labute approximate surface area is 171 Å². The minimum absolute atomic E-state index is 0.173. The summed E-state index contributed by atoms with van der Waals surface area (Å²) in [7, 11) is 1.95. The summed E-state index contributed by atoms with van der Waals surface area (Å²) in [4.78, 5) is 18.5. The molecule has 3 rings (SSSR count). The van der Waals surface area contributed by atoms with E-state index >= 15 is 0 Å². The SMILES string of the molecule is CN(CCC#N)c1ccc(/C=N\NC(=O)CSc2nc3ccccc3s2)cc1. The minimum atomic E-state index is -0.173. The number of hydrazone groups is 1. The molecule has 0 radical (unpaired) electrons. The minimum Gasteiger partial charge on any atom is -0.374 e. The van der Waals surface area contributed by atoms with Crippen LogP contribution in [-0.4, -0.2) is 36.5 Å². The van der Waals surface area contributed by atoms with E-state index < -0.39 is 0 Å². The van der Waals surface area contributed by atoms with Crippen LogP contribution in [0.1, 0.15) is 12.0 Å². The highest BCUT2D eigenvalue weighted by Gasteiger charge is 2.07. The van der Waals surface area contributed by atoms with Crippen molar-refractivity contribution in [2.75, 3.05) is 24.2 Å². The molecule has 1 heterocycles. The lowest BCUT2D eigenvalue weighted by molar-refractivity contribution is -0.118. The lowest BCUT2D eigenvalue weighted by Gasteiger charge is -2.17. The second-order valence-corrected chi connectivity index (χ2v) is 8.20. The predicted molar refractivity (Wildman–Crippen MR) is 116 cm³/mol. The molecule has 28 heavy (non-hydrogen) atoms. The summed E-state index contributed by atoms with van der Waals surface area (Å²) in [5.74, 6) is 0.0909. The van der Waals surface area contributed by atoms with Gasteiger partial charge in [-0.3, -0.25) is 4.79 Å². The van der Waals surface area contributed by atoms with E-state index in [1.165, 1.54) is 11.8 Å². The number of thioether (sulfide) groups is 1. The normalized spacial score (nSPS) is 10.9. The highest BCUT2D eigenvalue weighted by molar-refractivity contribution is 8.01. The van der Waals surface area contributed by atoms with Gasteiger partial charge in [-0.15, -0.1) is 11.3 Å². The zero-order chi connectivity index (χ0) is 19.8. The molecule has 142 valence electrons. The number of carbonyl (C=O) groups is 1. The molecule has 0 bridgehead atoms. The fraction of sp³-hybridized carbons (Fsp3) is 0.200. The predicted octanol–water partition coefficient (Wildman–Crippen LogP) is 3.89. The number of benzene rings is 2. The van der Waals surface area contributed by atoms with Crippen LogP contribution in [0.25, 0.3) is 10.2 Å². The van der Waals surface area contributed by atoms with E-state index in [9.17, 15) is 4.79 Å². The highest BCUT2D eigenvalue weighted by Crippen LogP contribution is 2.28. The number of hydrogen-bond acceptors (Lipinski definition) is 7. The molecule has 6 nitrogen and oxygen atoms in total. The first-order valence-electron chi connectivity index (χ1n) is 8.64. The Morgan fingerprint density at radius 1 is 1.32 bits per heavy atom. The zero-order valence-electron chi connectivity index (χ0n) is 15.3. The van der Waals surface area contributed by atoms with Crippen molar-refractivity contribution >= 4 is 51.1 Å². The van der Waals surface area contributed by atoms with E-state index in [4.69, 9.17) is 5.26 Å². The van der Waals surface area contributed by atoms with Crippen molar-refractivity contribution in [3.05, 3.63) is 54.1 Å². The standard InChI is InChI=1S/C20H19N5OS2/c1-25(12-4-11-21)16-9-7-15(8-10-16)13-22-24-19(26)14-27-20-23-17-5-2-3-6-18(17)28-20/h2-3,5-10,13H,4,12,14H2,1H3,(H,24,26)/b22-13-. The molecule has 0 atom stereocenters. The molecule has 8 heteroatoms. The molecule has 0 aliphatic carbocycles.